The van der Waals surface area contributed by atoms with Gasteiger partial charge in [0.05, 0.1) is 0 Å². The molecular weight excluding hydrogens is 223 g/mol. The van der Waals surface area contributed by atoms with Gasteiger partial charge in [-0.2, -0.15) is 0 Å². The molecule has 1 aromatic carbocycles. The van der Waals surface area contributed by atoms with Crippen molar-refractivity contribution in [2.24, 2.45) is 0 Å². The molecule has 0 aromatic heterocycles. The van der Waals surface area contributed by atoms with Crippen molar-refractivity contribution in [1.29, 1.82) is 0 Å². The summed E-state index contributed by atoms with van der Waals surface area (Å²) in [6.07, 6.45) is 0.378. The lowest BCUT2D eigenvalue weighted by atomic mass is 10.3. The third kappa shape index (κ3) is 2.51. The molecule has 0 spiro atoms. The predicted molar refractivity (Wildman–Crippen MR) is 52.3 cm³/mol. The Bertz CT molecular complexity index is 473. The molecule has 0 aliphatic carbocycles. The Labute approximate surface area is 86.3 Å². The summed E-state index contributed by atoms with van der Waals surface area (Å²) in [4.78, 5) is 9.62. The standard InChI is InChI=1S/C8H9FN2O3S/c1-10-15(13,14)8-4-6(11-5-12)2-3-7(8)9/h2-5,10H,1H3,(H,11,12). The predicted octanol–water partition coefficient (Wildman–Crippen LogP) is 0.302. The van der Waals surface area contributed by atoms with E-state index in [9.17, 15) is 17.6 Å². The van der Waals surface area contributed by atoms with Gasteiger partial charge in [-0.25, -0.2) is 17.5 Å². The van der Waals surface area contributed by atoms with Crippen LogP contribution in [0.15, 0.2) is 23.1 Å². The first kappa shape index (κ1) is 11.6. The van der Waals surface area contributed by atoms with Crippen LogP contribution in [0, 0.1) is 5.82 Å². The minimum absolute atomic E-state index is 0.209. The van der Waals surface area contributed by atoms with Crippen molar-refractivity contribution in [2.45, 2.75) is 4.90 Å². The summed E-state index contributed by atoms with van der Waals surface area (Å²) in [5.41, 5.74) is 0.209. The van der Waals surface area contributed by atoms with Crippen LogP contribution < -0.4 is 10.0 Å². The minimum atomic E-state index is -3.85. The van der Waals surface area contributed by atoms with Crippen LogP contribution in [0.25, 0.3) is 0 Å². The van der Waals surface area contributed by atoms with Crippen molar-refractivity contribution < 1.29 is 17.6 Å². The number of rotatable bonds is 4. The molecule has 0 aliphatic heterocycles. The van der Waals surface area contributed by atoms with Gasteiger partial charge in [-0.15, -0.1) is 0 Å². The van der Waals surface area contributed by atoms with Crippen LogP contribution in [-0.2, 0) is 14.8 Å². The third-order valence-electron chi connectivity index (χ3n) is 1.72. The number of halogens is 1. The molecule has 0 atom stereocenters. The van der Waals surface area contributed by atoms with E-state index in [0.29, 0.717) is 6.41 Å². The van der Waals surface area contributed by atoms with E-state index < -0.39 is 20.7 Å². The minimum Gasteiger partial charge on any atom is -0.329 e. The van der Waals surface area contributed by atoms with E-state index in [4.69, 9.17) is 0 Å². The molecule has 1 aromatic rings. The van der Waals surface area contributed by atoms with Crippen molar-refractivity contribution in [3.63, 3.8) is 0 Å². The molecule has 0 unspecified atom stereocenters. The Kier molecular flexibility index (Phi) is 3.38. The first-order valence-corrected chi connectivity index (χ1v) is 5.43. The van der Waals surface area contributed by atoms with Crippen LogP contribution in [0.5, 0.6) is 0 Å². The van der Waals surface area contributed by atoms with E-state index in [1.807, 2.05) is 4.72 Å². The third-order valence-corrected chi connectivity index (χ3v) is 3.14. The molecule has 1 amide bonds. The second-order valence-electron chi connectivity index (χ2n) is 2.61. The zero-order chi connectivity index (χ0) is 11.5. The van der Waals surface area contributed by atoms with Crippen molar-refractivity contribution in [3.8, 4) is 0 Å². The van der Waals surface area contributed by atoms with Crippen molar-refractivity contribution in [3.05, 3.63) is 24.0 Å². The summed E-state index contributed by atoms with van der Waals surface area (Å²) in [5, 5.41) is 2.23. The van der Waals surface area contributed by atoms with Crippen LogP contribution >= 0.6 is 0 Å². The highest BCUT2D eigenvalue weighted by Gasteiger charge is 2.17. The fourth-order valence-corrected chi connectivity index (χ4v) is 1.80. The summed E-state index contributed by atoms with van der Waals surface area (Å²) in [5.74, 6) is -0.874. The Hall–Kier alpha value is -1.47. The van der Waals surface area contributed by atoms with Crippen LogP contribution in [0.1, 0.15) is 0 Å². The maximum absolute atomic E-state index is 13.2. The van der Waals surface area contributed by atoms with Crippen molar-refractivity contribution in [1.82, 2.24) is 4.72 Å². The quantitative estimate of drug-likeness (QED) is 0.733. The van der Waals surface area contributed by atoms with Crippen LogP contribution in [0.4, 0.5) is 10.1 Å². The largest absolute Gasteiger partial charge is 0.329 e. The smallest absolute Gasteiger partial charge is 0.243 e. The molecule has 1 rings (SSSR count). The Morgan fingerprint density at radius 3 is 2.60 bits per heavy atom. The first-order chi connectivity index (χ1) is 7.01. The number of carbonyl (C=O) groups excluding carboxylic acids is 1. The SMILES string of the molecule is CNS(=O)(=O)c1cc(NC=O)ccc1F. The van der Waals surface area contributed by atoms with Gasteiger partial charge in [0.15, 0.2) is 0 Å². The van der Waals surface area contributed by atoms with Gasteiger partial charge in [-0.3, -0.25) is 4.79 Å². The lowest BCUT2D eigenvalue weighted by Gasteiger charge is -2.05. The van der Waals surface area contributed by atoms with Crippen molar-refractivity contribution >= 4 is 22.1 Å². The molecule has 0 fully saturated rings. The average Bonchev–Trinajstić information content (AvgIpc) is 2.21. The van der Waals surface area contributed by atoms with Gasteiger partial charge in [0, 0.05) is 5.69 Å². The van der Waals surface area contributed by atoms with Crippen LogP contribution in [-0.4, -0.2) is 21.9 Å². The Morgan fingerprint density at radius 2 is 2.07 bits per heavy atom. The molecular formula is C8H9FN2O3S. The van der Waals surface area contributed by atoms with Crippen molar-refractivity contribution in [2.75, 3.05) is 12.4 Å². The highest BCUT2D eigenvalue weighted by Crippen LogP contribution is 2.18. The van der Waals surface area contributed by atoms with E-state index in [0.717, 1.165) is 12.1 Å². The molecule has 7 heteroatoms. The van der Waals surface area contributed by atoms with E-state index in [-0.39, 0.29) is 5.69 Å². The molecule has 0 heterocycles. The number of hydrogen-bond donors (Lipinski definition) is 2. The lowest BCUT2D eigenvalue weighted by Crippen LogP contribution is -2.20. The molecule has 0 aliphatic rings. The number of sulfonamides is 1. The summed E-state index contributed by atoms with van der Waals surface area (Å²) >= 11 is 0. The van der Waals surface area contributed by atoms with Crippen LogP contribution in [0.3, 0.4) is 0 Å². The monoisotopic (exact) mass is 232 g/mol. The Balaban J connectivity index is 3.28. The van der Waals surface area contributed by atoms with Gasteiger partial charge in [0.2, 0.25) is 16.4 Å². The fourth-order valence-electron chi connectivity index (χ4n) is 0.977. The second-order valence-corrected chi connectivity index (χ2v) is 4.47. The maximum atomic E-state index is 13.2. The lowest BCUT2D eigenvalue weighted by molar-refractivity contribution is -0.105. The van der Waals surface area contributed by atoms with E-state index in [2.05, 4.69) is 5.32 Å². The highest BCUT2D eigenvalue weighted by molar-refractivity contribution is 7.89. The summed E-state index contributed by atoms with van der Waals surface area (Å²) in [7, 11) is -2.68. The zero-order valence-corrected chi connectivity index (χ0v) is 8.64. The number of anilines is 1. The van der Waals surface area contributed by atoms with E-state index >= 15 is 0 Å². The van der Waals surface area contributed by atoms with Gasteiger partial charge in [-0.05, 0) is 25.2 Å². The zero-order valence-electron chi connectivity index (χ0n) is 7.82. The summed E-state index contributed by atoms with van der Waals surface area (Å²) < 4.78 is 37.8. The molecule has 0 saturated heterocycles. The van der Waals surface area contributed by atoms with Gasteiger partial charge in [0.1, 0.15) is 10.7 Å². The van der Waals surface area contributed by atoms with Gasteiger partial charge in [-0.1, -0.05) is 0 Å². The van der Waals surface area contributed by atoms with E-state index in [1.54, 1.807) is 0 Å². The number of benzene rings is 1. The molecule has 5 nitrogen and oxygen atoms in total. The molecule has 0 bridgehead atoms. The summed E-state index contributed by atoms with van der Waals surface area (Å²) in [6, 6.07) is 3.27. The van der Waals surface area contributed by atoms with Gasteiger partial charge in [0.25, 0.3) is 0 Å². The molecule has 0 saturated carbocycles. The molecule has 15 heavy (non-hydrogen) atoms. The average molecular weight is 232 g/mol. The summed E-state index contributed by atoms with van der Waals surface area (Å²) in [6.45, 7) is 0. The first-order valence-electron chi connectivity index (χ1n) is 3.94. The fraction of sp³-hybridized carbons (Fsp3) is 0.125. The normalized spacial score (nSPS) is 11.1. The van der Waals surface area contributed by atoms with Crippen LogP contribution in [0.2, 0.25) is 0 Å². The number of nitrogens with one attached hydrogen (secondary N) is 2. The topological polar surface area (TPSA) is 75.3 Å². The van der Waals surface area contributed by atoms with Gasteiger partial charge >= 0.3 is 0 Å². The second kappa shape index (κ2) is 4.37. The number of carbonyl (C=O) groups is 1. The van der Waals surface area contributed by atoms with E-state index in [1.165, 1.54) is 13.1 Å². The molecule has 82 valence electrons. The highest BCUT2D eigenvalue weighted by atomic mass is 32.2. The number of hydrogen-bond acceptors (Lipinski definition) is 3. The molecule has 0 radical (unpaired) electrons. The van der Waals surface area contributed by atoms with Gasteiger partial charge < -0.3 is 5.32 Å². The Morgan fingerprint density at radius 1 is 1.40 bits per heavy atom. The number of amides is 1. The molecule has 2 N–H and O–H groups in total. The maximum Gasteiger partial charge on any atom is 0.243 e.